The lowest BCUT2D eigenvalue weighted by Crippen LogP contribution is -2.41. The van der Waals surface area contributed by atoms with Crippen molar-refractivity contribution in [1.29, 1.82) is 0 Å². The highest BCUT2D eigenvalue weighted by Crippen LogP contribution is 2.29. The molecule has 7 nitrogen and oxygen atoms in total. The van der Waals surface area contributed by atoms with Crippen LogP contribution in [0.1, 0.15) is 11.6 Å². The first kappa shape index (κ1) is 14.0. The Balaban J connectivity index is 2.29. The Morgan fingerprint density at radius 3 is 2.90 bits per heavy atom. The Morgan fingerprint density at radius 1 is 1.55 bits per heavy atom. The van der Waals surface area contributed by atoms with Crippen molar-refractivity contribution in [3.8, 4) is 5.75 Å². The lowest BCUT2D eigenvalue weighted by Gasteiger charge is -2.28. The summed E-state index contributed by atoms with van der Waals surface area (Å²) in [5.41, 5.74) is 5.96. The SMILES string of the molecule is COc1ccccc1C(CNC(N)=O)N1CCNC1=O. The number of carbonyl (C=O) groups excluding carboxylic acids is 2. The van der Waals surface area contributed by atoms with Gasteiger partial charge in [0.2, 0.25) is 0 Å². The van der Waals surface area contributed by atoms with Gasteiger partial charge in [-0.25, -0.2) is 9.59 Å². The van der Waals surface area contributed by atoms with Crippen LogP contribution < -0.4 is 21.1 Å². The summed E-state index contributed by atoms with van der Waals surface area (Å²) in [6, 6.07) is 6.31. The van der Waals surface area contributed by atoms with Gasteiger partial charge in [-0.15, -0.1) is 0 Å². The van der Waals surface area contributed by atoms with Gasteiger partial charge in [0.25, 0.3) is 0 Å². The third-order valence-corrected chi connectivity index (χ3v) is 3.23. The van der Waals surface area contributed by atoms with Gasteiger partial charge in [-0.1, -0.05) is 18.2 Å². The van der Waals surface area contributed by atoms with Crippen LogP contribution in [0.5, 0.6) is 5.75 Å². The van der Waals surface area contributed by atoms with Gasteiger partial charge in [0.15, 0.2) is 0 Å². The Bertz CT molecular complexity index is 506. The standard InChI is InChI=1S/C13H18N4O3/c1-20-11-5-3-2-4-9(11)10(8-16-12(14)18)17-7-6-15-13(17)19/h2-5,10H,6-8H2,1H3,(H,15,19)(H3,14,16,18). The largest absolute Gasteiger partial charge is 0.496 e. The molecular formula is C13H18N4O3. The maximum absolute atomic E-state index is 11.9. The van der Waals surface area contributed by atoms with E-state index in [4.69, 9.17) is 10.5 Å². The van der Waals surface area contributed by atoms with E-state index in [9.17, 15) is 9.59 Å². The van der Waals surface area contributed by atoms with E-state index >= 15 is 0 Å². The van der Waals surface area contributed by atoms with Crippen LogP contribution in [0.3, 0.4) is 0 Å². The number of hydrogen-bond acceptors (Lipinski definition) is 3. The fourth-order valence-corrected chi connectivity index (χ4v) is 2.31. The molecule has 20 heavy (non-hydrogen) atoms. The van der Waals surface area contributed by atoms with Gasteiger partial charge < -0.3 is 26.0 Å². The summed E-state index contributed by atoms with van der Waals surface area (Å²) in [5.74, 6) is 0.670. The van der Waals surface area contributed by atoms with E-state index in [2.05, 4.69) is 10.6 Å². The molecule has 108 valence electrons. The summed E-state index contributed by atoms with van der Waals surface area (Å²) in [4.78, 5) is 24.5. The molecule has 0 spiro atoms. The van der Waals surface area contributed by atoms with Gasteiger partial charge in [0, 0.05) is 25.2 Å². The molecule has 1 saturated heterocycles. The first-order valence-corrected chi connectivity index (χ1v) is 6.34. The Hall–Kier alpha value is -2.44. The van der Waals surface area contributed by atoms with Gasteiger partial charge in [0.05, 0.1) is 13.2 Å². The molecule has 1 unspecified atom stereocenters. The second-order valence-electron chi connectivity index (χ2n) is 4.43. The highest BCUT2D eigenvalue weighted by molar-refractivity contribution is 5.77. The molecule has 4 N–H and O–H groups in total. The highest BCUT2D eigenvalue weighted by Gasteiger charge is 2.30. The number of ether oxygens (including phenoxy) is 1. The summed E-state index contributed by atoms with van der Waals surface area (Å²) in [6.45, 7) is 1.40. The molecule has 1 fully saturated rings. The van der Waals surface area contributed by atoms with Crippen LogP contribution in [0.2, 0.25) is 0 Å². The fraction of sp³-hybridized carbons (Fsp3) is 0.385. The molecule has 7 heteroatoms. The maximum atomic E-state index is 11.9. The molecule has 1 aromatic carbocycles. The molecule has 1 heterocycles. The monoisotopic (exact) mass is 278 g/mol. The first-order chi connectivity index (χ1) is 9.63. The van der Waals surface area contributed by atoms with E-state index in [0.717, 1.165) is 5.56 Å². The number of hydrogen-bond donors (Lipinski definition) is 3. The van der Waals surface area contributed by atoms with Gasteiger partial charge >= 0.3 is 12.1 Å². The average Bonchev–Trinajstić information content (AvgIpc) is 2.86. The number of nitrogens with zero attached hydrogens (tertiary/aromatic N) is 1. The average molecular weight is 278 g/mol. The van der Waals surface area contributed by atoms with Crippen molar-refractivity contribution in [2.75, 3.05) is 26.7 Å². The van der Waals surface area contributed by atoms with Crippen molar-refractivity contribution in [3.63, 3.8) is 0 Å². The molecule has 0 aliphatic carbocycles. The van der Waals surface area contributed by atoms with Crippen molar-refractivity contribution in [1.82, 2.24) is 15.5 Å². The molecule has 1 aliphatic rings. The summed E-state index contributed by atoms with van der Waals surface area (Å²) in [6.07, 6.45) is 0. The van der Waals surface area contributed by atoms with Crippen LogP contribution in [0.4, 0.5) is 9.59 Å². The van der Waals surface area contributed by atoms with E-state index in [1.807, 2.05) is 24.3 Å². The molecule has 0 bridgehead atoms. The van der Waals surface area contributed by atoms with E-state index < -0.39 is 6.03 Å². The van der Waals surface area contributed by atoms with Crippen LogP contribution in [0.25, 0.3) is 0 Å². The quantitative estimate of drug-likeness (QED) is 0.728. The zero-order valence-corrected chi connectivity index (χ0v) is 11.3. The van der Waals surface area contributed by atoms with E-state index in [0.29, 0.717) is 18.8 Å². The minimum absolute atomic E-state index is 0.160. The van der Waals surface area contributed by atoms with Crippen molar-refractivity contribution >= 4 is 12.1 Å². The van der Waals surface area contributed by atoms with Crippen molar-refractivity contribution < 1.29 is 14.3 Å². The summed E-state index contributed by atoms with van der Waals surface area (Å²) >= 11 is 0. The smallest absolute Gasteiger partial charge is 0.318 e. The highest BCUT2D eigenvalue weighted by atomic mass is 16.5. The van der Waals surface area contributed by atoms with Crippen molar-refractivity contribution in [3.05, 3.63) is 29.8 Å². The number of nitrogens with one attached hydrogen (secondary N) is 2. The first-order valence-electron chi connectivity index (χ1n) is 6.34. The van der Waals surface area contributed by atoms with E-state index in [-0.39, 0.29) is 18.6 Å². The van der Waals surface area contributed by atoms with Crippen molar-refractivity contribution in [2.45, 2.75) is 6.04 Å². The number of urea groups is 2. The number of primary amides is 1. The number of benzene rings is 1. The number of nitrogens with two attached hydrogens (primary N) is 1. The maximum Gasteiger partial charge on any atom is 0.318 e. The number of para-hydroxylation sites is 1. The minimum atomic E-state index is -0.621. The lowest BCUT2D eigenvalue weighted by atomic mass is 10.0. The van der Waals surface area contributed by atoms with Crippen molar-refractivity contribution in [2.24, 2.45) is 5.73 Å². The molecule has 0 saturated carbocycles. The number of rotatable bonds is 5. The molecule has 1 aliphatic heterocycles. The third kappa shape index (κ3) is 2.93. The molecular weight excluding hydrogens is 260 g/mol. The van der Waals surface area contributed by atoms with Gasteiger partial charge in [0.1, 0.15) is 5.75 Å². The summed E-state index contributed by atoms with van der Waals surface area (Å²) in [5, 5.41) is 5.30. The van der Waals surface area contributed by atoms with Gasteiger partial charge in [-0.3, -0.25) is 0 Å². The van der Waals surface area contributed by atoms with E-state index in [1.54, 1.807) is 12.0 Å². The van der Waals surface area contributed by atoms with Crippen LogP contribution in [-0.2, 0) is 0 Å². The van der Waals surface area contributed by atoms with E-state index in [1.165, 1.54) is 0 Å². The molecule has 1 aromatic rings. The molecule has 4 amide bonds. The summed E-state index contributed by atoms with van der Waals surface area (Å²) in [7, 11) is 1.57. The number of carbonyl (C=O) groups is 2. The molecule has 2 rings (SSSR count). The predicted octanol–water partition coefficient (Wildman–Crippen LogP) is 0.430. The molecule has 0 radical (unpaired) electrons. The Kier molecular flexibility index (Phi) is 4.29. The third-order valence-electron chi connectivity index (χ3n) is 3.23. The normalized spacial score (nSPS) is 15.7. The Labute approximate surface area is 117 Å². The fourth-order valence-electron chi connectivity index (χ4n) is 2.31. The molecule has 0 aromatic heterocycles. The second kappa shape index (κ2) is 6.14. The van der Waals surface area contributed by atoms with Crippen LogP contribution in [0.15, 0.2) is 24.3 Å². The van der Waals surface area contributed by atoms with Crippen LogP contribution >= 0.6 is 0 Å². The topological polar surface area (TPSA) is 96.7 Å². The zero-order valence-electron chi connectivity index (χ0n) is 11.3. The lowest BCUT2D eigenvalue weighted by molar-refractivity contribution is 0.194. The zero-order chi connectivity index (χ0) is 14.5. The van der Waals surface area contributed by atoms with Crippen LogP contribution in [0, 0.1) is 0 Å². The number of amides is 4. The van der Waals surface area contributed by atoms with Gasteiger partial charge in [-0.05, 0) is 6.07 Å². The number of methoxy groups -OCH3 is 1. The van der Waals surface area contributed by atoms with Crippen LogP contribution in [-0.4, -0.2) is 43.7 Å². The summed E-state index contributed by atoms with van der Waals surface area (Å²) < 4.78 is 5.33. The predicted molar refractivity (Wildman–Crippen MR) is 73.4 cm³/mol. The second-order valence-corrected chi connectivity index (χ2v) is 4.43. The molecule has 1 atom stereocenters. The Morgan fingerprint density at radius 2 is 2.30 bits per heavy atom. The minimum Gasteiger partial charge on any atom is -0.496 e. The van der Waals surface area contributed by atoms with Gasteiger partial charge in [-0.2, -0.15) is 0 Å².